The van der Waals surface area contributed by atoms with E-state index in [2.05, 4.69) is 5.32 Å². The zero-order valence-corrected chi connectivity index (χ0v) is 17.1. The average molecular weight is 414 g/mol. The van der Waals surface area contributed by atoms with Crippen molar-refractivity contribution in [1.29, 1.82) is 0 Å². The standard InChI is InChI=1S/C22H20ClNO3S/c1-15(16-8-10-18(11-9-16)17-6-4-3-5-7-17)24-22(25)20-14-19(28(2,26)27)12-13-21(20)23/h3-15H,1-2H3,(H,24,25)/t15-/m0/s1. The van der Waals surface area contributed by atoms with Gasteiger partial charge in [-0.2, -0.15) is 0 Å². The molecule has 6 heteroatoms. The van der Waals surface area contributed by atoms with Gasteiger partial charge in [0.2, 0.25) is 0 Å². The summed E-state index contributed by atoms with van der Waals surface area (Å²) in [4.78, 5) is 12.7. The fourth-order valence-corrected chi connectivity index (χ4v) is 3.71. The highest BCUT2D eigenvalue weighted by Gasteiger charge is 2.17. The lowest BCUT2D eigenvalue weighted by molar-refractivity contribution is 0.0940. The molecule has 28 heavy (non-hydrogen) atoms. The second-order valence-corrected chi connectivity index (χ2v) is 9.02. The molecule has 0 fully saturated rings. The Morgan fingerprint density at radius 2 is 1.54 bits per heavy atom. The van der Waals surface area contributed by atoms with Crippen LogP contribution in [-0.2, 0) is 9.84 Å². The Balaban J connectivity index is 1.78. The molecule has 0 saturated heterocycles. The Hall–Kier alpha value is -2.63. The molecule has 1 N–H and O–H groups in total. The van der Waals surface area contributed by atoms with Crippen LogP contribution in [0.3, 0.4) is 0 Å². The number of halogens is 1. The number of amides is 1. The average Bonchev–Trinajstić information content (AvgIpc) is 2.68. The van der Waals surface area contributed by atoms with Gasteiger partial charge in [-0.15, -0.1) is 0 Å². The largest absolute Gasteiger partial charge is 0.345 e. The van der Waals surface area contributed by atoms with Crippen molar-refractivity contribution in [2.24, 2.45) is 0 Å². The molecule has 0 heterocycles. The summed E-state index contributed by atoms with van der Waals surface area (Å²) >= 11 is 6.10. The molecule has 0 radical (unpaired) electrons. The number of nitrogens with one attached hydrogen (secondary N) is 1. The van der Waals surface area contributed by atoms with E-state index < -0.39 is 15.7 Å². The van der Waals surface area contributed by atoms with E-state index in [1.807, 2.05) is 61.5 Å². The van der Waals surface area contributed by atoms with Gasteiger partial charge in [0.1, 0.15) is 0 Å². The zero-order valence-electron chi connectivity index (χ0n) is 15.5. The lowest BCUT2D eigenvalue weighted by Gasteiger charge is -2.16. The molecule has 3 aromatic rings. The van der Waals surface area contributed by atoms with Crippen molar-refractivity contribution in [2.75, 3.05) is 6.26 Å². The molecule has 0 spiro atoms. The minimum atomic E-state index is -3.43. The second kappa shape index (κ2) is 8.17. The third kappa shape index (κ3) is 4.61. The Morgan fingerprint density at radius 3 is 2.14 bits per heavy atom. The van der Waals surface area contributed by atoms with Gasteiger partial charge < -0.3 is 5.32 Å². The molecule has 3 aromatic carbocycles. The molecule has 0 aliphatic rings. The summed E-state index contributed by atoms with van der Waals surface area (Å²) in [5.74, 6) is -0.421. The normalized spacial score (nSPS) is 12.4. The lowest BCUT2D eigenvalue weighted by atomic mass is 10.0. The third-order valence-electron chi connectivity index (χ3n) is 4.48. The highest BCUT2D eigenvalue weighted by molar-refractivity contribution is 7.90. The van der Waals surface area contributed by atoms with Crippen LogP contribution in [0.5, 0.6) is 0 Å². The summed E-state index contributed by atoms with van der Waals surface area (Å²) in [6.07, 6.45) is 1.09. The maximum absolute atomic E-state index is 12.6. The van der Waals surface area contributed by atoms with Gasteiger partial charge in [-0.25, -0.2) is 8.42 Å². The number of hydrogen-bond acceptors (Lipinski definition) is 3. The van der Waals surface area contributed by atoms with Gasteiger partial charge in [0.15, 0.2) is 9.84 Å². The van der Waals surface area contributed by atoms with Crippen molar-refractivity contribution in [1.82, 2.24) is 5.32 Å². The first kappa shape index (κ1) is 20.1. The van der Waals surface area contributed by atoms with Crippen LogP contribution >= 0.6 is 11.6 Å². The van der Waals surface area contributed by atoms with E-state index in [0.29, 0.717) is 0 Å². The van der Waals surface area contributed by atoms with E-state index in [0.717, 1.165) is 22.9 Å². The van der Waals surface area contributed by atoms with Crippen molar-refractivity contribution < 1.29 is 13.2 Å². The summed E-state index contributed by atoms with van der Waals surface area (Å²) in [6, 6.07) is 21.8. The third-order valence-corrected chi connectivity index (χ3v) is 5.92. The van der Waals surface area contributed by atoms with Crippen LogP contribution in [0.2, 0.25) is 5.02 Å². The Morgan fingerprint density at radius 1 is 0.929 bits per heavy atom. The van der Waals surface area contributed by atoms with Gasteiger partial charge in [0.05, 0.1) is 21.5 Å². The molecule has 0 saturated carbocycles. The molecular weight excluding hydrogens is 394 g/mol. The zero-order chi connectivity index (χ0) is 20.3. The maximum atomic E-state index is 12.6. The predicted molar refractivity (Wildman–Crippen MR) is 112 cm³/mol. The molecule has 0 aliphatic carbocycles. The molecule has 1 atom stereocenters. The molecule has 1 amide bonds. The summed E-state index contributed by atoms with van der Waals surface area (Å²) in [6.45, 7) is 1.86. The van der Waals surface area contributed by atoms with Crippen LogP contribution in [0.25, 0.3) is 11.1 Å². The van der Waals surface area contributed by atoms with E-state index >= 15 is 0 Å². The van der Waals surface area contributed by atoms with Crippen LogP contribution in [-0.4, -0.2) is 20.6 Å². The maximum Gasteiger partial charge on any atom is 0.253 e. The van der Waals surface area contributed by atoms with Crippen molar-refractivity contribution in [3.05, 3.63) is 88.9 Å². The SMILES string of the molecule is C[C@H](NC(=O)c1cc(S(C)(=O)=O)ccc1Cl)c1ccc(-c2ccccc2)cc1. The number of carbonyl (C=O) groups is 1. The van der Waals surface area contributed by atoms with E-state index in [1.165, 1.54) is 18.2 Å². The van der Waals surface area contributed by atoms with Crippen LogP contribution in [0.15, 0.2) is 77.7 Å². The highest BCUT2D eigenvalue weighted by atomic mass is 35.5. The molecular formula is C22H20ClNO3S. The first-order valence-corrected chi connectivity index (χ1v) is 11.0. The van der Waals surface area contributed by atoms with Crippen LogP contribution in [0.4, 0.5) is 0 Å². The number of carbonyl (C=O) groups excluding carboxylic acids is 1. The van der Waals surface area contributed by atoms with Gasteiger partial charge in [0.25, 0.3) is 5.91 Å². The van der Waals surface area contributed by atoms with Crippen LogP contribution in [0.1, 0.15) is 28.9 Å². The monoisotopic (exact) mass is 413 g/mol. The molecule has 3 rings (SSSR count). The van der Waals surface area contributed by atoms with Gasteiger partial charge in [-0.1, -0.05) is 66.2 Å². The Kier molecular flexibility index (Phi) is 5.87. The fourth-order valence-electron chi connectivity index (χ4n) is 2.86. The molecule has 0 bridgehead atoms. The number of hydrogen-bond donors (Lipinski definition) is 1. The molecule has 0 aromatic heterocycles. The molecule has 144 valence electrons. The highest BCUT2D eigenvalue weighted by Crippen LogP contribution is 2.24. The number of benzene rings is 3. The van der Waals surface area contributed by atoms with E-state index in [4.69, 9.17) is 11.6 Å². The quantitative estimate of drug-likeness (QED) is 0.646. The van der Waals surface area contributed by atoms with Gasteiger partial charge in [-0.3, -0.25) is 4.79 Å². The minimum Gasteiger partial charge on any atom is -0.345 e. The first-order chi connectivity index (χ1) is 13.3. The minimum absolute atomic E-state index is 0.0573. The second-order valence-electron chi connectivity index (χ2n) is 6.60. The lowest BCUT2D eigenvalue weighted by Crippen LogP contribution is -2.27. The molecule has 4 nitrogen and oxygen atoms in total. The van der Waals surface area contributed by atoms with E-state index in [9.17, 15) is 13.2 Å². The predicted octanol–water partition coefficient (Wildman–Crippen LogP) is 4.90. The number of rotatable bonds is 5. The van der Waals surface area contributed by atoms with Crippen molar-refractivity contribution >= 4 is 27.3 Å². The summed E-state index contributed by atoms with van der Waals surface area (Å²) in [5.41, 5.74) is 3.28. The summed E-state index contributed by atoms with van der Waals surface area (Å²) in [7, 11) is -3.43. The van der Waals surface area contributed by atoms with E-state index in [1.54, 1.807) is 0 Å². The van der Waals surface area contributed by atoms with Gasteiger partial charge in [-0.05, 0) is 41.8 Å². The van der Waals surface area contributed by atoms with Crippen molar-refractivity contribution in [3.8, 4) is 11.1 Å². The van der Waals surface area contributed by atoms with E-state index in [-0.39, 0.29) is 21.5 Å². The van der Waals surface area contributed by atoms with Crippen molar-refractivity contribution in [3.63, 3.8) is 0 Å². The van der Waals surface area contributed by atoms with Gasteiger partial charge >= 0.3 is 0 Å². The van der Waals surface area contributed by atoms with Crippen molar-refractivity contribution in [2.45, 2.75) is 17.9 Å². The van der Waals surface area contributed by atoms with Gasteiger partial charge in [0, 0.05) is 6.26 Å². The summed E-state index contributed by atoms with van der Waals surface area (Å²) < 4.78 is 23.5. The first-order valence-electron chi connectivity index (χ1n) is 8.71. The summed E-state index contributed by atoms with van der Waals surface area (Å²) in [5, 5.41) is 3.08. The molecule has 0 unspecified atom stereocenters. The van der Waals surface area contributed by atoms with Crippen LogP contribution in [0, 0.1) is 0 Å². The Labute approximate surface area is 170 Å². The topological polar surface area (TPSA) is 63.2 Å². The Bertz CT molecular complexity index is 1090. The molecule has 0 aliphatic heterocycles. The van der Waals surface area contributed by atoms with Crippen LogP contribution < -0.4 is 5.32 Å². The smallest absolute Gasteiger partial charge is 0.253 e. The number of sulfone groups is 1. The fraction of sp³-hybridized carbons (Fsp3) is 0.136.